The Kier molecular flexibility index (Phi) is 5.36. The van der Waals surface area contributed by atoms with Crippen LogP contribution >= 0.6 is 11.3 Å². The molecule has 0 amide bonds. The second-order valence-corrected chi connectivity index (χ2v) is 6.82. The monoisotopic (exact) mass is 386 g/mol. The summed E-state index contributed by atoms with van der Waals surface area (Å²) in [5.74, 6) is -0.857. The molecule has 0 fully saturated rings. The number of aryl methyl sites for hydroxylation is 1. The highest BCUT2D eigenvalue weighted by atomic mass is 32.1. The Bertz CT molecular complexity index is 1070. The second-order valence-electron chi connectivity index (χ2n) is 5.82. The van der Waals surface area contributed by atoms with Crippen LogP contribution in [0.5, 0.6) is 0 Å². The van der Waals surface area contributed by atoms with Gasteiger partial charge in [-0.2, -0.15) is 0 Å². The minimum Gasteiger partial charge on any atom is -0.465 e. The first-order valence-electron chi connectivity index (χ1n) is 8.29. The smallest absolute Gasteiger partial charge is 0.348 e. The molecular formula is C19H18N2O5S. The number of methoxy groups -OCH3 is 1. The summed E-state index contributed by atoms with van der Waals surface area (Å²) in [5, 5.41) is 0.428. The van der Waals surface area contributed by atoms with Crippen LogP contribution in [0.4, 0.5) is 0 Å². The summed E-state index contributed by atoms with van der Waals surface area (Å²) in [7, 11) is 1.32. The van der Waals surface area contributed by atoms with E-state index in [1.807, 2.05) is 0 Å². The van der Waals surface area contributed by atoms with E-state index in [2.05, 4.69) is 9.72 Å². The van der Waals surface area contributed by atoms with Crippen LogP contribution in [0.3, 0.4) is 0 Å². The number of fused-ring (bicyclic) bond motifs is 1. The topological polar surface area (TPSA) is 87.5 Å². The molecule has 0 aliphatic rings. The van der Waals surface area contributed by atoms with E-state index in [-0.39, 0.29) is 12.2 Å². The molecule has 0 spiro atoms. The number of ether oxygens (including phenoxy) is 2. The normalized spacial score (nSPS) is 10.8. The Morgan fingerprint density at radius 1 is 1.19 bits per heavy atom. The highest BCUT2D eigenvalue weighted by molar-refractivity contribution is 7.20. The summed E-state index contributed by atoms with van der Waals surface area (Å²) >= 11 is 1.16. The first-order valence-corrected chi connectivity index (χ1v) is 9.10. The van der Waals surface area contributed by atoms with Crippen molar-refractivity contribution in [3.8, 4) is 0 Å². The Morgan fingerprint density at radius 2 is 1.89 bits per heavy atom. The predicted molar refractivity (Wildman–Crippen MR) is 101 cm³/mol. The average molecular weight is 386 g/mol. The summed E-state index contributed by atoms with van der Waals surface area (Å²) in [6, 6.07) is 6.81. The van der Waals surface area contributed by atoms with Crippen molar-refractivity contribution in [3.63, 3.8) is 0 Å². The number of esters is 2. The number of aromatic nitrogens is 2. The molecule has 0 saturated carbocycles. The van der Waals surface area contributed by atoms with Crippen LogP contribution in [-0.4, -0.2) is 35.2 Å². The van der Waals surface area contributed by atoms with Gasteiger partial charge < -0.3 is 9.47 Å². The molecule has 8 heteroatoms. The van der Waals surface area contributed by atoms with E-state index < -0.39 is 11.9 Å². The van der Waals surface area contributed by atoms with Gasteiger partial charge in [-0.1, -0.05) is 12.1 Å². The van der Waals surface area contributed by atoms with E-state index in [4.69, 9.17) is 4.74 Å². The SMILES string of the molecule is CCOC(=O)c1sc2ncn(Cc3ccc(C(=O)OC)cc3)c(=O)c2c1C. The molecule has 2 heterocycles. The van der Waals surface area contributed by atoms with E-state index in [0.29, 0.717) is 32.8 Å². The minimum absolute atomic E-state index is 0.221. The number of rotatable bonds is 5. The highest BCUT2D eigenvalue weighted by Gasteiger charge is 2.20. The molecule has 140 valence electrons. The van der Waals surface area contributed by atoms with Gasteiger partial charge in [0.05, 0.1) is 37.5 Å². The van der Waals surface area contributed by atoms with Gasteiger partial charge in [0.2, 0.25) is 0 Å². The minimum atomic E-state index is -0.442. The summed E-state index contributed by atoms with van der Waals surface area (Å²) in [5.41, 5.74) is 1.64. The number of carbonyl (C=O) groups excluding carboxylic acids is 2. The van der Waals surface area contributed by atoms with Crippen molar-refractivity contribution in [1.29, 1.82) is 0 Å². The van der Waals surface area contributed by atoms with Crippen LogP contribution in [0.25, 0.3) is 10.2 Å². The molecule has 7 nitrogen and oxygen atoms in total. The third-order valence-electron chi connectivity index (χ3n) is 4.11. The first-order chi connectivity index (χ1) is 13.0. The van der Waals surface area contributed by atoms with Gasteiger partial charge in [-0.15, -0.1) is 11.3 Å². The molecule has 0 unspecified atom stereocenters. The van der Waals surface area contributed by atoms with Gasteiger partial charge in [0.1, 0.15) is 9.71 Å². The molecule has 1 aromatic carbocycles. The zero-order chi connectivity index (χ0) is 19.6. The molecule has 0 bridgehead atoms. The maximum absolute atomic E-state index is 12.9. The van der Waals surface area contributed by atoms with Crippen LogP contribution in [0.1, 0.15) is 38.1 Å². The summed E-state index contributed by atoms with van der Waals surface area (Å²) in [4.78, 5) is 41.7. The lowest BCUT2D eigenvalue weighted by molar-refractivity contribution is 0.0530. The second kappa shape index (κ2) is 7.71. The zero-order valence-corrected chi connectivity index (χ0v) is 16.0. The molecular weight excluding hydrogens is 368 g/mol. The number of thiophene rings is 1. The number of hydrogen-bond acceptors (Lipinski definition) is 7. The van der Waals surface area contributed by atoms with E-state index in [1.165, 1.54) is 18.0 Å². The van der Waals surface area contributed by atoms with E-state index >= 15 is 0 Å². The molecule has 0 aliphatic heterocycles. The van der Waals surface area contributed by atoms with Crippen LogP contribution in [0.15, 0.2) is 35.4 Å². The maximum atomic E-state index is 12.9. The highest BCUT2D eigenvalue weighted by Crippen LogP contribution is 2.27. The standard InChI is InChI=1S/C19H18N2O5S/c1-4-26-19(24)15-11(2)14-16(27-15)20-10-21(17(14)22)9-12-5-7-13(8-6-12)18(23)25-3/h5-8,10H,4,9H2,1-3H3. The Morgan fingerprint density at radius 3 is 2.52 bits per heavy atom. The van der Waals surface area contributed by atoms with Crippen LogP contribution in [-0.2, 0) is 16.0 Å². The molecule has 0 aliphatic carbocycles. The van der Waals surface area contributed by atoms with Gasteiger partial charge in [-0.05, 0) is 37.1 Å². The molecule has 2 aromatic heterocycles. The molecule has 0 saturated heterocycles. The Hall–Kier alpha value is -3.00. The number of nitrogens with zero attached hydrogens (tertiary/aromatic N) is 2. The molecule has 3 rings (SSSR count). The van der Waals surface area contributed by atoms with Crippen LogP contribution in [0.2, 0.25) is 0 Å². The molecule has 0 N–H and O–H groups in total. The number of carbonyl (C=O) groups is 2. The lowest BCUT2D eigenvalue weighted by Gasteiger charge is -2.06. The lowest BCUT2D eigenvalue weighted by Crippen LogP contribution is -2.21. The van der Waals surface area contributed by atoms with Crippen molar-refractivity contribution < 1.29 is 19.1 Å². The summed E-state index contributed by atoms with van der Waals surface area (Å²) < 4.78 is 11.2. The van der Waals surface area contributed by atoms with Crippen LogP contribution in [0, 0.1) is 6.92 Å². The molecule has 27 heavy (non-hydrogen) atoms. The third kappa shape index (κ3) is 3.61. The van der Waals surface area contributed by atoms with Gasteiger partial charge in [0, 0.05) is 0 Å². The predicted octanol–water partition coefficient (Wildman–Crippen LogP) is 2.78. The third-order valence-corrected chi connectivity index (χ3v) is 5.29. The molecule has 0 radical (unpaired) electrons. The Labute approximate surface area is 159 Å². The molecule has 0 atom stereocenters. The quantitative estimate of drug-likeness (QED) is 0.627. The zero-order valence-electron chi connectivity index (χ0n) is 15.1. The van der Waals surface area contributed by atoms with Gasteiger partial charge >= 0.3 is 11.9 Å². The summed E-state index contributed by atoms with van der Waals surface area (Å²) in [6.45, 7) is 4.03. The molecule has 3 aromatic rings. The average Bonchev–Trinajstić information content (AvgIpc) is 3.01. The fourth-order valence-electron chi connectivity index (χ4n) is 2.72. The number of benzene rings is 1. The summed E-state index contributed by atoms with van der Waals surface area (Å²) in [6.07, 6.45) is 1.46. The van der Waals surface area contributed by atoms with Crippen molar-refractivity contribution in [2.75, 3.05) is 13.7 Å². The van der Waals surface area contributed by atoms with Crippen molar-refractivity contribution in [1.82, 2.24) is 9.55 Å². The Balaban J connectivity index is 1.95. The van der Waals surface area contributed by atoms with Gasteiger partial charge in [0.15, 0.2) is 0 Å². The van der Waals surface area contributed by atoms with Gasteiger partial charge in [-0.25, -0.2) is 14.6 Å². The van der Waals surface area contributed by atoms with Gasteiger partial charge in [-0.3, -0.25) is 9.36 Å². The van der Waals surface area contributed by atoms with Crippen molar-refractivity contribution in [2.24, 2.45) is 0 Å². The van der Waals surface area contributed by atoms with Crippen molar-refractivity contribution in [2.45, 2.75) is 20.4 Å². The van der Waals surface area contributed by atoms with E-state index in [9.17, 15) is 14.4 Å². The largest absolute Gasteiger partial charge is 0.465 e. The van der Waals surface area contributed by atoms with Crippen molar-refractivity contribution >= 4 is 33.5 Å². The van der Waals surface area contributed by atoms with E-state index in [1.54, 1.807) is 38.1 Å². The van der Waals surface area contributed by atoms with Crippen LogP contribution < -0.4 is 5.56 Å². The van der Waals surface area contributed by atoms with E-state index in [0.717, 1.165) is 16.9 Å². The lowest BCUT2D eigenvalue weighted by atomic mass is 10.1. The van der Waals surface area contributed by atoms with Crippen molar-refractivity contribution in [3.05, 3.63) is 62.5 Å². The van der Waals surface area contributed by atoms with Gasteiger partial charge in [0.25, 0.3) is 5.56 Å². The fraction of sp³-hybridized carbons (Fsp3) is 0.263. The first kappa shape index (κ1) is 18.8. The maximum Gasteiger partial charge on any atom is 0.348 e. The number of hydrogen-bond donors (Lipinski definition) is 0. The fourth-order valence-corrected chi connectivity index (χ4v) is 3.76.